The van der Waals surface area contributed by atoms with Crippen LogP contribution in [0.4, 0.5) is 13.2 Å². The maximum absolute atomic E-state index is 12.1. The molecule has 2 nitrogen and oxygen atoms in total. The molecule has 0 fully saturated rings. The third-order valence-corrected chi connectivity index (χ3v) is 1.64. The van der Waals surface area contributed by atoms with Gasteiger partial charge in [-0.05, 0) is 6.07 Å². The van der Waals surface area contributed by atoms with E-state index in [1.807, 2.05) is 0 Å². The summed E-state index contributed by atoms with van der Waals surface area (Å²) in [5, 5.41) is 9.18. The zero-order valence-corrected chi connectivity index (χ0v) is 7.12. The van der Waals surface area contributed by atoms with Gasteiger partial charge >= 0.3 is 6.18 Å². The number of aliphatic hydroxyl groups excluding tert-OH is 1. The van der Waals surface area contributed by atoms with Crippen molar-refractivity contribution in [1.29, 1.82) is 0 Å². The quantitative estimate of drug-likeness (QED) is 0.748. The second-order valence-electron chi connectivity index (χ2n) is 2.66. The van der Waals surface area contributed by atoms with E-state index >= 15 is 0 Å². The van der Waals surface area contributed by atoms with Crippen LogP contribution >= 0.6 is 0 Å². The summed E-state index contributed by atoms with van der Waals surface area (Å²) < 4.78 is 36.2. The van der Waals surface area contributed by atoms with Crippen LogP contribution in [0.1, 0.15) is 17.4 Å². The van der Waals surface area contributed by atoms with Crippen molar-refractivity contribution in [2.45, 2.75) is 12.3 Å². The van der Waals surface area contributed by atoms with E-state index in [0.717, 1.165) is 12.3 Å². The van der Waals surface area contributed by atoms with Gasteiger partial charge in [0, 0.05) is 11.8 Å². The number of nitrogens with zero attached hydrogens (tertiary/aromatic N) is 1. The Morgan fingerprint density at radius 1 is 1.43 bits per heavy atom. The molecule has 1 unspecified atom stereocenters. The number of rotatable bonds is 2. The molecule has 1 N–H and O–H groups in total. The molecule has 14 heavy (non-hydrogen) atoms. The van der Waals surface area contributed by atoms with Crippen molar-refractivity contribution < 1.29 is 18.3 Å². The molecule has 0 aliphatic carbocycles. The lowest BCUT2D eigenvalue weighted by Gasteiger charge is -2.08. The van der Waals surface area contributed by atoms with Crippen molar-refractivity contribution in [3.63, 3.8) is 0 Å². The van der Waals surface area contributed by atoms with E-state index < -0.39 is 18.0 Å². The Morgan fingerprint density at radius 3 is 2.43 bits per heavy atom. The van der Waals surface area contributed by atoms with Gasteiger partial charge in [0.25, 0.3) is 0 Å². The van der Waals surface area contributed by atoms with Gasteiger partial charge in [-0.3, -0.25) is 4.98 Å². The lowest BCUT2D eigenvalue weighted by atomic mass is 10.1. The molecule has 0 radical (unpaired) electrons. The summed E-state index contributed by atoms with van der Waals surface area (Å²) in [7, 11) is 0. The first-order chi connectivity index (χ1) is 6.45. The average molecular weight is 203 g/mol. The van der Waals surface area contributed by atoms with Crippen LogP contribution in [0.15, 0.2) is 31.0 Å². The molecule has 1 atom stereocenters. The van der Waals surface area contributed by atoms with Gasteiger partial charge in [0.1, 0.15) is 5.69 Å². The lowest BCUT2D eigenvalue weighted by Crippen LogP contribution is -2.08. The van der Waals surface area contributed by atoms with Crippen LogP contribution in [0.3, 0.4) is 0 Å². The van der Waals surface area contributed by atoms with E-state index in [0.29, 0.717) is 0 Å². The highest BCUT2D eigenvalue weighted by Crippen LogP contribution is 2.27. The minimum absolute atomic E-state index is 0.285. The molecule has 0 bridgehead atoms. The molecule has 1 aromatic rings. The molecule has 0 saturated carbocycles. The molecule has 0 amide bonds. The van der Waals surface area contributed by atoms with Gasteiger partial charge in [0.15, 0.2) is 0 Å². The third kappa shape index (κ3) is 2.32. The maximum atomic E-state index is 12.1. The third-order valence-electron chi connectivity index (χ3n) is 1.64. The molecule has 0 aromatic carbocycles. The van der Waals surface area contributed by atoms with Gasteiger partial charge < -0.3 is 5.11 Å². The summed E-state index contributed by atoms with van der Waals surface area (Å²) in [6.07, 6.45) is -3.23. The summed E-state index contributed by atoms with van der Waals surface area (Å²) in [4.78, 5) is 3.19. The van der Waals surface area contributed by atoms with Crippen LogP contribution < -0.4 is 0 Å². The molecule has 1 rings (SSSR count). The van der Waals surface area contributed by atoms with E-state index in [9.17, 15) is 18.3 Å². The van der Waals surface area contributed by atoms with Gasteiger partial charge in [0.2, 0.25) is 0 Å². The smallest absolute Gasteiger partial charge is 0.384 e. The molecule has 5 heteroatoms. The zero-order chi connectivity index (χ0) is 10.8. The number of hydrogen-bond donors (Lipinski definition) is 1. The zero-order valence-electron chi connectivity index (χ0n) is 7.12. The summed E-state index contributed by atoms with van der Waals surface area (Å²) >= 11 is 0. The predicted octanol–water partition coefficient (Wildman–Crippen LogP) is 2.32. The monoisotopic (exact) mass is 203 g/mol. The van der Waals surface area contributed by atoms with Crippen molar-refractivity contribution in [3.05, 3.63) is 42.2 Å². The Kier molecular flexibility index (Phi) is 2.90. The maximum Gasteiger partial charge on any atom is 0.433 e. The number of aliphatic hydroxyl groups is 1. The van der Waals surface area contributed by atoms with Gasteiger partial charge in [-0.25, -0.2) is 0 Å². The summed E-state index contributed by atoms with van der Waals surface area (Å²) in [5.41, 5.74) is -0.689. The van der Waals surface area contributed by atoms with Crippen LogP contribution in [-0.2, 0) is 6.18 Å². The van der Waals surface area contributed by atoms with Crippen molar-refractivity contribution in [3.8, 4) is 0 Å². The molecule has 0 spiro atoms. The molecular weight excluding hydrogens is 195 g/mol. The van der Waals surface area contributed by atoms with E-state index in [1.165, 1.54) is 12.1 Å². The first-order valence-corrected chi connectivity index (χ1v) is 3.79. The second kappa shape index (κ2) is 3.79. The highest BCUT2D eigenvalue weighted by molar-refractivity contribution is 5.20. The van der Waals surface area contributed by atoms with Gasteiger partial charge in [-0.1, -0.05) is 12.1 Å². The SMILES string of the molecule is C=CC(O)c1ccc(C(F)(F)F)nc1. The van der Waals surface area contributed by atoms with Crippen LogP contribution in [0.5, 0.6) is 0 Å². The minimum atomic E-state index is -4.45. The normalized spacial score (nSPS) is 13.7. The van der Waals surface area contributed by atoms with Crippen molar-refractivity contribution in [2.24, 2.45) is 0 Å². The fourth-order valence-electron chi connectivity index (χ4n) is 0.884. The highest BCUT2D eigenvalue weighted by atomic mass is 19.4. The van der Waals surface area contributed by atoms with Gasteiger partial charge in [-0.2, -0.15) is 13.2 Å². The van der Waals surface area contributed by atoms with Crippen LogP contribution in [0.25, 0.3) is 0 Å². The van der Waals surface area contributed by atoms with E-state index in [2.05, 4.69) is 11.6 Å². The fraction of sp³-hybridized carbons (Fsp3) is 0.222. The molecule has 1 aromatic heterocycles. The number of aromatic nitrogens is 1. The second-order valence-corrected chi connectivity index (χ2v) is 2.66. The van der Waals surface area contributed by atoms with Crippen LogP contribution in [0.2, 0.25) is 0 Å². The molecule has 1 heterocycles. The summed E-state index contributed by atoms with van der Waals surface area (Å²) in [5.74, 6) is 0. The predicted molar refractivity (Wildman–Crippen MR) is 44.4 cm³/mol. The lowest BCUT2D eigenvalue weighted by molar-refractivity contribution is -0.141. The molecule has 0 aliphatic rings. The Hall–Kier alpha value is -1.36. The molecule has 76 valence electrons. The van der Waals surface area contributed by atoms with E-state index in [1.54, 1.807) is 0 Å². The largest absolute Gasteiger partial charge is 0.433 e. The van der Waals surface area contributed by atoms with Crippen molar-refractivity contribution in [2.75, 3.05) is 0 Å². The standard InChI is InChI=1S/C9H8F3NO/c1-2-7(14)6-3-4-8(13-5-6)9(10,11)12/h2-5,7,14H,1H2. The fourth-order valence-corrected chi connectivity index (χ4v) is 0.884. The summed E-state index contributed by atoms with van der Waals surface area (Å²) in [6, 6.07) is 1.99. The van der Waals surface area contributed by atoms with Crippen molar-refractivity contribution in [1.82, 2.24) is 4.98 Å². The molecular formula is C9H8F3NO. The van der Waals surface area contributed by atoms with Gasteiger partial charge in [-0.15, -0.1) is 6.58 Å². The highest BCUT2D eigenvalue weighted by Gasteiger charge is 2.32. The Morgan fingerprint density at radius 2 is 2.07 bits per heavy atom. The van der Waals surface area contributed by atoms with Crippen molar-refractivity contribution >= 4 is 0 Å². The number of pyridine rings is 1. The Bertz CT molecular complexity index is 318. The van der Waals surface area contributed by atoms with Gasteiger partial charge in [0.05, 0.1) is 6.10 Å². The number of alkyl halides is 3. The first-order valence-electron chi connectivity index (χ1n) is 3.79. The number of halogens is 3. The number of hydrogen-bond acceptors (Lipinski definition) is 2. The molecule has 0 aliphatic heterocycles. The molecule has 0 saturated heterocycles. The first kappa shape index (κ1) is 10.7. The van der Waals surface area contributed by atoms with E-state index in [-0.39, 0.29) is 5.56 Å². The summed E-state index contributed by atoms with van der Waals surface area (Å²) in [6.45, 7) is 3.31. The average Bonchev–Trinajstić information content (AvgIpc) is 2.15. The van der Waals surface area contributed by atoms with Crippen LogP contribution in [-0.4, -0.2) is 10.1 Å². The Labute approximate surface area is 78.7 Å². The minimum Gasteiger partial charge on any atom is -0.384 e. The van der Waals surface area contributed by atoms with Crippen LogP contribution in [0, 0.1) is 0 Å². The Balaban J connectivity index is 2.95. The van der Waals surface area contributed by atoms with E-state index in [4.69, 9.17) is 0 Å². The topological polar surface area (TPSA) is 33.1 Å².